The third-order valence-corrected chi connectivity index (χ3v) is 4.11. The first-order chi connectivity index (χ1) is 10.6. The van der Waals surface area contributed by atoms with Gasteiger partial charge in [-0.15, -0.1) is 0 Å². The first kappa shape index (κ1) is 16.3. The molecule has 0 N–H and O–H groups in total. The smallest absolute Gasteiger partial charge is 0.0222 e. The van der Waals surface area contributed by atoms with Crippen LogP contribution in [0.1, 0.15) is 47.2 Å². The Morgan fingerprint density at radius 1 is 0.773 bits per heavy atom. The van der Waals surface area contributed by atoms with Gasteiger partial charge in [0.15, 0.2) is 0 Å². The molecular weight excluding hydrogens is 264 g/mol. The summed E-state index contributed by atoms with van der Waals surface area (Å²) < 4.78 is 0. The van der Waals surface area contributed by atoms with Crippen LogP contribution < -0.4 is 0 Å². The van der Waals surface area contributed by atoms with Crippen LogP contribution >= 0.6 is 0 Å². The van der Waals surface area contributed by atoms with Crippen molar-refractivity contribution in [1.29, 1.82) is 0 Å². The monoisotopic (exact) mass is 290 g/mol. The van der Waals surface area contributed by atoms with Crippen molar-refractivity contribution in [3.05, 3.63) is 81.9 Å². The van der Waals surface area contributed by atoms with Gasteiger partial charge >= 0.3 is 0 Å². The first-order valence-corrected chi connectivity index (χ1v) is 8.17. The SMILES string of the molecule is CCc1cc(C=CC=Cc2cc(C)ccc2CC)ccc1C. The Bertz CT molecular complexity index is 687. The molecule has 0 radical (unpaired) electrons. The van der Waals surface area contributed by atoms with Gasteiger partial charge in [-0.1, -0.05) is 80.1 Å². The number of benzene rings is 2. The Balaban J connectivity index is 2.14. The van der Waals surface area contributed by atoms with Crippen LogP contribution in [0.2, 0.25) is 0 Å². The molecule has 0 heterocycles. The minimum absolute atomic E-state index is 1.07. The average Bonchev–Trinajstić information content (AvgIpc) is 2.53. The topological polar surface area (TPSA) is 0 Å². The van der Waals surface area contributed by atoms with Crippen molar-refractivity contribution in [3.8, 4) is 0 Å². The van der Waals surface area contributed by atoms with E-state index in [1.54, 1.807) is 0 Å². The number of hydrogen-bond donors (Lipinski definition) is 0. The van der Waals surface area contributed by atoms with Gasteiger partial charge in [0.1, 0.15) is 0 Å². The first-order valence-electron chi connectivity index (χ1n) is 8.17. The van der Waals surface area contributed by atoms with Gasteiger partial charge in [-0.25, -0.2) is 0 Å². The van der Waals surface area contributed by atoms with Crippen LogP contribution in [0.3, 0.4) is 0 Å². The second kappa shape index (κ2) is 7.79. The van der Waals surface area contributed by atoms with Gasteiger partial charge in [-0.05, 0) is 54.5 Å². The molecule has 0 nitrogen and oxygen atoms in total. The number of rotatable bonds is 5. The molecule has 0 atom stereocenters. The zero-order chi connectivity index (χ0) is 15.9. The van der Waals surface area contributed by atoms with Gasteiger partial charge in [0.2, 0.25) is 0 Å². The molecule has 0 fully saturated rings. The van der Waals surface area contributed by atoms with Crippen molar-refractivity contribution in [3.63, 3.8) is 0 Å². The van der Waals surface area contributed by atoms with Gasteiger partial charge in [-0.3, -0.25) is 0 Å². The fourth-order valence-electron chi connectivity index (χ4n) is 2.69. The summed E-state index contributed by atoms with van der Waals surface area (Å²) in [5, 5.41) is 0. The molecule has 0 saturated heterocycles. The third-order valence-electron chi connectivity index (χ3n) is 4.11. The molecule has 0 saturated carbocycles. The zero-order valence-corrected chi connectivity index (χ0v) is 14.2. The fourth-order valence-corrected chi connectivity index (χ4v) is 2.69. The van der Waals surface area contributed by atoms with Gasteiger partial charge < -0.3 is 0 Å². The lowest BCUT2D eigenvalue weighted by molar-refractivity contribution is 1.11. The predicted molar refractivity (Wildman–Crippen MR) is 99.2 cm³/mol. The minimum atomic E-state index is 1.07. The molecule has 2 aromatic carbocycles. The summed E-state index contributed by atoms with van der Waals surface area (Å²) in [6.45, 7) is 8.73. The molecule has 22 heavy (non-hydrogen) atoms. The van der Waals surface area contributed by atoms with E-state index in [1.807, 2.05) is 0 Å². The second-order valence-electron chi connectivity index (χ2n) is 5.81. The van der Waals surface area contributed by atoms with E-state index in [4.69, 9.17) is 0 Å². The molecule has 114 valence electrons. The van der Waals surface area contributed by atoms with Crippen LogP contribution in [-0.4, -0.2) is 0 Å². The summed E-state index contributed by atoms with van der Waals surface area (Å²) in [5.74, 6) is 0. The third kappa shape index (κ3) is 4.21. The van der Waals surface area contributed by atoms with E-state index < -0.39 is 0 Å². The van der Waals surface area contributed by atoms with E-state index in [-0.39, 0.29) is 0 Å². The van der Waals surface area contributed by atoms with Gasteiger partial charge in [0.05, 0.1) is 0 Å². The standard InChI is InChI=1S/C22H26/c1-5-20-14-11-17(3)15-22(20)10-8-7-9-19-13-12-18(4)21(6-2)16-19/h7-16H,5-6H2,1-4H3. The van der Waals surface area contributed by atoms with Crippen LogP contribution in [-0.2, 0) is 12.8 Å². The molecule has 2 aromatic rings. The highest BCUT2D eigenvalue weighted by Gasteiger charge is 1.97. The van der Waals surface area contributed by atoms with Crippen LogP contribution in [0, 0.1) is 13.8 Å². The van der Waals surface area contributed by atoms with E-state index in [1.165, 1.54) is 33.4 Å². The zero-order valence-electron chi connectivity index (χ0n) is 14.2. The summed E-state index contributed by atoms with van der Waals surface area (Å²) in [7, 11) is 0. The van der Waals surface area contributed by atoms with Gasteiger partial charge in [0.25, 0.3) is 0 Å². The van der Waals surface area contributed by atoms with Crippen molar-refractivity contribution in [2.24, 2.45) is 0 Å². The summed E-state index contributed by atoms with van der Waals surface area (Å²) in [6, 6.07) is 13.3. The number of aryl methyl sites for hydroxylation is 4. The molecule has 0 spiro atoms. The molecule has 0 heteroatoms. The molecule has 0 aromatic heterocycles. The van der Waals surface area contributed by atoms with Gasteiger partial charge in [-0.2, -0.15) is 0 Å². The molecule has 0 unspecified atom stereocenters. The van der Waals surface area contributed by atoms with Crippen LogP contribution in [0.25, 0.3) is 12.2 Å². The molecule has 0 bridgehead atoms. The number of allylic oxidation sites excluding steroid dienone is 2. The van der Waals surface area contributed by atoms with Crippen molar-refractivity contribution < 1.29 is 0 Å². The Labute approximate surface area is 135 Å². The number of hydrogen-bond acceptors (Lipinski definition) is 0. The van der Waals surface area contributed by atoms with Crippen molar-refractivity contribution in [1.82, 2.24) is 0 Å². The molecule has 0 amide bonds. The van der Waals surface area contributed by atoms with E-state index in [0.29, 0.717) is 0 Å². The summed E-state index contributed by atoms with van der Waals surface area (Å²) >= 11 is 0. The largest absolute Gasteiger partial charge is 0.0617 e. The summed E-state index contributed by atoms with van der Waals surface area (Å²) in [5.41, 5.74) is 8.11. The quantitative estimate of drug-likeness (QED) is 0.579. The van der Waals surface area contributed by atoms with Crippen molar-refractivity contribution in [2.75, 3.05) is 0 Å². The Kier molecular flexibility index (Phi) is 5.77. The minimum Gasteiger partial charge on any atom is -0.0617 e. The molecule has 0 aliphatic heterocycles. The van der Waals surface area contributed by atoms with Crippen LogP contribution in [0.4, 0.5) is 0 Å². The van der Waals surface area contributed by atoms with Crippen molar-refractivity contribution >= 4 is 12.2 Å². The molecule has 0 aliphatic carbocycles. The Morgan fingerprint density at radius 3 is 2.23 bits per heavy atom. The Hall–Kier alpha value is -2.08. The second-order valence-corrected chi connectivity index (χ2v) is 5.81. The maximum absolute atomic E-state index is 2.28. The summed E-state index contributed by atoms with van der Waals surface area (Å²) in [4.78, 5) is 0. The Morgan fingerprint density at radius 2 is 1.50 bits per heavy atom. The average molecular weight is 290 g/mol. The highest BCUT2D eigenvalue weighted by Crippen LogP contribution is 2.15. The lowest BCUT2D eigenvalue weighted by Crippen LogP contribution is -1.87. The highest BCUT2D eigenvalue weighted by atomic mass is 14.0. The maximum Gasteiger partial charge on any atom is -0.0222 e. The molecule has 2 rings (SSSR count). The molecule has 0 aliphatic rings. The maximum atomic E-state index is 2.28. The van der Waals surface area contributed by atoms with E-state index >= 15 is 0 Å². The van der Waals surface area contributed by atoms with Crippen molar-refractivity contribution in [2.45, 2.75) is 40.5 Å². The normalized spacial score (nSPS) is 11.6. The lowest BCUT2D eigenvalue weighted by Gasteiger charge is -2.04. The highest BCUT2D eigenvalue weighted by molar-refractivity contribution is 5.60. The lowest BCUT2D eigenvalue weighted by atomic mass is 10.0. The van der Waals surface area contributed by atoms with Crippen LogP contribution in [0.15, 0.2) is 48.6 Å². The molecular formula is C22H26. The summed E-state index contributed by atoms with van der Waals surface area (Å²) in [6.07, 6.45) is 10.8. The van der Waals surface area contributed by atoms with Crippen LogP contribution in [0.5, 0.6) is 0 Å². The predicted octanol–water partition coefficient (Wildman–Crippen LogP) is 6.15. The van der Waals surface area contributed by atoms with E-state index in [0.717, 1.165) is 12.8 Å². The van der Waals surface area contributed by atoms with E-state index in [9.17, 15) is 0 Å². The van der Waals surface area contributed by atoms with Gasteiger partial charge in [0, 0.05) is 0 Å². The fraction of sp³-hybridized carbons (Fsp3) is 0.273. The van der Waals surface area contributed by atoms with E-state index in [2.05, 4.69) is 88.4 Å².